The number of anilines is 1. The van der Waals surface area contributed by atoms with Crippen LogP contribution in [0, 0.1) is 11.3 Å². The van der Waals surface area contributed by atoms with Crippen LogP contribution in [0.4, 0.5) is 5.82 Å². The van der Waals surface area contributed by atoms with E-state index in [1.165, 1.54) is 6.20 Å². The topological polar surface area (TPSA) is 39.9 Å². The fourth-order valence-corrected chi connectivity index (χ4v) is 2.77. The Morgan fingerprint density at radius 2 is 1.63 bits per heavy atom. The first-order chi connectivity index (χ1) is 9.22. The molecule has 0 fully saturated rings. The van der Waals surface area contributed by atoms with Crippen LogP contribution in [0.1, 0.15) is 16.7 Å². The zero-order valence-corrected chi connectivity index (χ0v) is 11.3. The predicted octanol–water partition coefficient (Wildman–Crippen LogP) is 2.82. The van der Waals surface area contributed by atoms with Gasteiger partial charge in [-0.25, -0.2) is 4.98 Å². The summed E-state index contributed by atoms with van der Waals surface area (Å²) in [7, 11) is 0. The van der Waals surface area contributed by atoms with Gasteiger partial charge in [0.05, 0.1) is 5.56 Å². The van der Waals surface area contributed by atoms with E-state index in [4.69, 9.17) is 29.7 Å². The quantitative estimate of drug-likeness (QED) is 0.752. The Kier molecular flexibility index (Phi) is 2.82. The number of aromatic nitrogens is 1. The second-order valence-electron chi connectivity index (χ2n) is 4.01. The zero-order chi connectivity index (χ0) is 13.4. The molecule has 0 N–H and O–H groups in total. The fraction of sp³-hybridized carbons (Fsp3) is 0. The number of benzene rings is 1. The van der Waals surface area contributed by atoms with Gasteiger partial charge in [0.15, 0.2) is 0 Å². The number of hydrogen-bond acceptors (Lipinski definition) is 4. The highest BCUT2D eigenvalue weighted by Gasteiger charge is 2.30. The van der Waals surface area contributed by atoms with Crippen molar-refractivity contribution in [3.05, 3.63) is 59.3 Å². The molecule has 0 atom stereocenters. The maximum absolute atomic E-state index is 8.78. The molecule has 0 radical (unpaired) electrons. The maximum Gasteiger partial charge on any atom is 0.138 e. The third-order valence-corrected chi connectivity index (χ3v) is 3.71. The molecule has 2 aromatic rings. The van der Waals surface area contributed by atoms with Crippen LogP contribution in [0.25, 0.3) is 0 Å². The van der Waals surface area contributed by atoms with Gasteiger partial charge in [0, 0.05) is 17.3 Å². The number of fused-ring (bicyclic) bond motifs is 1. The van der Waals surface area contributed by atoms with Gasteiger partial charge in [-0.15, -0.1) is 0 Å². The molecule has 0 unspecified atom stereocenters. The fourth-order valence-electron chi connectivity index (χ4n) is 1.98. The van der Waals surface area contributed by atoms with E-state index < -0.39 is 0 Å². The van der Waals surface area contributed by atoms with Crippen LogP contribution in [0.3, 0.4) is 0 Å². The third-order valence-electron chi connectivity index (χ3n) is 2.90. The van der Waals surface area contributed by atoms with Gasteiger partial charge in [-0.2, -0.15) is 5.26 Å². The Morgan fingerprint density at radius 1 is 1.00 bits per heavy atom. The molecule has 0 saturated heterocycles. The van der Waals surface area contributed by atoms with Crippen molar-refractivity contribution < 1.29 is 0 Å². The Bertz CT molecular complexity index is 694. The molecule has 19 heavy (non-hydrogen) atoms. The molecule has 1 aliphatic rings. The van der Waals surface area contributed by atoms with Gasteiger partial charge < -0.3 is 0 Å². The van der Waals surface area contributed by atoms with Gasteiger partial charge in [0.1, 0.15) is 21.9 Å². The van der Waals surface area contributed by atoms with Crippen LogP contribution in [-0.4, -0.2) is 15.0 Å². The largest absolute Gasteiger partial charge is 0.274 e. The molecule has 0 amide bonds. The van der Waals surface area contributed by atoms with E-state index in [0.717, 1.165) is 11.1 Å². The molecule has 90 valence electrons. The van der Waals surface area contributed by atoms with E-state index in [0.29, 0.717) is 21.4 Å². The monoisotopic (exact) mass is 281 g/mol. The van der Waals surface area contributed by atoms with E-state index in [9.17, 15) is 0 Å². The summed E-state index contributed by atoms with van der Waals surface area (Å²) < 4.78 is 0. The van der Waals surface area contributed by atoms with E-state index in [2.05, 4.69) is 4.98 Å². The lowest BCUT2D eigenvalue weighted by Crippen LogP contribution is -2.28. The van der Waals surface area contributed by atoms with Crippen molar-refractivity contribution in [3.8, 4) is 6.07 Å². The average Bonchev–Trinajstić information content (AvgIpc) is 2.72. The Hall–Kier alpha value is -2.16. The minimum atomic E-state index is 0.511. The van der Waals surface area contributed by atoms with Crippen LogP contribution in [0.15, 0.2) is 42.6 Å². The van der Waals surface area contributed by atoms with Crippen molar-refractivity contribution in [2.45, 2.75) is 0 Å². The normalized spacial score (nSPS) is 13.3. The number of rotatable bonds is 1. The van der Waals surface area contributed by atoms with Gasteiger partial charge in [-0.05, 0) is 12.1 Å². The molecule has 0 spiro atoms. The number of pyridine rings is 1. The number of nitrogens with zero attached hydrogens (tertiary/aromatic N) is 3. The summed E-state index contributed by atoms with van der Waals surface area (Å²) in [6.07, 6.45) is 1.52. The standard InChI is InChI=1S/C14H7N3S2/c15-7-9-5-6-12(16-8-9)17-13(18)10-3-1-2-4-11(10)14(17)19/h1-6,8H. The first-order valence-electron chi connectivity index (χ1n) is 5.56. The van der Waals surface area contributed by atoms with Crippen molar-refractivity contribution in [1.29, 1.82) is 5.26 Å². The Labute approximate surface area is 121 Å². The lowest BCUT2D eigenvalue weighted by Gasteiger charge is -2.16. The summed E-state index contributed by atoms with van der Waals surface area (Å²) >= 11 is 10.9. The van der Waals surface area contributed by atoms with E-state index in [1.807, 2.05) is 30.3 Å². The van der Waals surface area contributed by atoms with Gasteiger partial charge in [0.25, 0.3) is 0 Å². The summed E-state index contributed by atoms with van der Waals surface area (Å²) in [6.45, 7) is 0. The van der Waals surface area contributed by atoms with Crippen molar-refractivity contribution in [3.63, 3.8) is 0 Å². The SMILES string of the molecule is N#Cc1ccc(N2C(=S)c3ccccc3C2=S)nc1. The molecule has 1 aromatic carbocycles. The minimum Gasteiger partial charge on any atom is -0.274 e. The first-order valence-corrected chi connectivity index (χ1v) is 6.38. The highest BCUT2D eigenvalue weighted by atomic mass is 32.1. The van der Waals surface area contributed by atoms with E-state index in [-0.39, 0.29) is 0 Å². The highest BCUT2D eigenvalue weighted by molar-refractivity contribution is 7.83. The van der Waals surface area contributed by atoms with Crippen molar-refractivity contribution in [1.82, 2.24) is 4.98 Å². The summed E-state index contributed by atoms with van der Waals surface area (Å²) in [5.41, 5.74) is 2.42. The van der Waals surface area contributed by atoms with Crippen LogP contribution < -0.4 is 4.90 Å². The maximum atomic E-state index is 8.78. The molecule has 0 aliphatic carbocycles. The second-order valence-corrected chi connectivity index (χ2v) is 4.78. The predicted molar refractivity (Wildman–Crippen MR) is 81.3 cm³/mol. The second kappa shape index (κ2) is 4.50. The molecule has 3 nitrogen and oxygen atoms in total. The van der Waals surface area contributed by atoms with Crippen LogP contribution in [-0.2, 0) is 0 Å². The molecular formula is C14H7N3S2. The first kappa shape index (κ1) is 11.9. The van der Waals surface area contributed by atoms with E-state index >= 15 is 0 Å². The van der Waals surface area contributed by atoms with Crippen molar-refractivity contribution in [2.24, 2.45) is 0 Å². The molecule has 3 rings (SSSR count). The average molecular weight is 281 g/mol. The Morgan fingerprint density at radius 3 is 2.11 bits per heavy atom. The van der Waals surface area contributed by atoms with Gasteiger partial charge in [0.2, 0.25) is 0 Å². The number of nitriles is 1. The van der Waals surface area contributed by atoms with Gasteiger partial charge in [-0.3, -0.25) is 4.90 Å². The molecule has 1 aliphatic heterocycles. The lowest BCUT2D eigenvalue weighted by atomic mass is 10.1. The molecule has 2 heterocycles. The molecular weight excluding hydrogens is 274 g/mol. The highest BCUT2D eigenvalue weighted by Crippen LogP contribution is 2.28. The molecule has 5 heteroatoms. The van der Waals surface area contributed by atoms with Crippen LogP contribution in [0.2, 0.25) is 0 Å². The smallest absolute Gasteiger partial charge is 0.138 e. The lowest BCUT2D eigenvalue weighted by molar-refractivity contribution is 1.25. The molecule has 0 bridgehead atoms. The van der Waals surface area contributed by atoms with Crippen molar-refractivity contribution in [2.75, 3.05) is 4.90 Å². The summed E-state index contributed by atoms with van der Waals surface area (Å²) in [4.78, 5) is 7.31. The van der Waals surface area contributed by atoms with Crippen LogP contribution in [0.5, 0.6) is 0 Å². The molecule has 1 aromatic heterocycles. The molecule has 0 saturated carbocycles. The number of thiocarbonyl (C=S) groups is 2. The van der Waals surface area contributed by atoms with Crippen molar-refractivity contribution >= 4 is 40.2 Å². The van der Waals surface area contributed by atoms with E-state index in [1.54, 1.807) is 17.0 Å². The number of hydrogen-bond donors (Lipinski definition) is 0. The van der Waals surface area contributed by atoms with Gasteiger partial charge in [-0.1, -0.05) is 48.7 Å². The summed E-state index contributed by atoms with van der Waals surface area (Å²) in [5, 5.41) is 8.78. The minimum absolute atomic E-state index is 0.511. The zero-order valence-electron chi connectivity index (χ0n) is 9.70. The summed E-state index contributed by atoms with van der Waals surface area (Å²) in [5.74, 6) is 0.644. The summed E-state index contributed by atoms with van der Waals surface area (Å²) in [6, 6.07) is 13.3. The van der Waals surface area contributed by atoms with Gasteiger partial charge >= 0.3 is 0 Å². The van der Waals surface area contributed by atoms with Crippen LogP contribution >= 0.6 is 24.4 Å². The Balaban J connectivity index is 2.06. The third kappa shape index (κ3) is 1.82.